The molecule has 1 amide bonds. The fraction of sp³-hybridized carbons (Fsp3) is 0.235. The minimum absolute atomic E-state index is 0.00434. The van der Waals surface area contributed by atoms with E-state index in [0.717, 1.165) is 11.3 Å². The Labute approximate surface area is 142 Å². The van der Waals surface area contributed by atoms with Gasteiger partial charge >= 0.3 is 6.36 Å². The van der Waals surface area contributed by atoms with Gasteiger partial charge in [-0.3, -0.25) is 4.79 Å². The van der Waals surface area contributed by atoms with Crippen LogP contribution in [-0.4, -0.2) is 25.9 Å². The largest absolute Gasteiger partial charge is 0.573 e. The number of ether oxygens (including phenoxy) is 2. The van der Waals surface area contributed by atoms with Crippen molar-refractivity contribution in [2.75, 3.05) is 19.0 Å². The number of carbonyl (C=O) groups is 1. The summed E-state index contributed by atoms with van der Waals surface area (Å²) >= 11 is 0. The zero-order valence-corrected chi connectivity index (χ0v) is 13.4. The molecule has 25 heavy (non-hydrogen) atoms. The number of hydrogen-bond donors (Lipinski definition) is 2. The molecule has 0 aliphatic carbocycles. The molecular formula is C17H17F3N2O3. The summed E-state index contributed by atoms with van der Waals surface area (Å²) in [5.41, 5.74) is 1.43. The Morgan fingerprint density at radius 3 is 2.16 bits per heavy atom. The van der Waals surface area contributed by atoms with E-state index >= 15 is 0 Å². The van der Waals surface area contributed by atoms with E-state index in [-0.39, 0.29) is 18.2 Å². The van der Waals surface area contributed by atoms with Crippen molar-refractivity contribution in [3.05, 3.63) is 54.1 Å². The van der Waals surface area contributed by atoms with E-state index in [1.54, 1.807) is 19.2 Å². The highest BCUT2D eigenvalue weighted by Crippen LogP contribution is 2.23. The lowest BCUT2D eigenvalue weighted by molar-refractivity contribution is -0.274. The van der Waals surface area contributed by atoms with Gasteiger partial charge < -0.3 is 20.1 Å². The van der Waals surface area contributed by atoms with Crippen LogP contribution in [0, 0.1) is 0 Å². The molecule has 8 heteroatoms. The van der Waals surface area contributed by atoms with Crippen molar-refractivity contribution in [1.29, 1.82) is 0 Å². The van der Waals surface area contributed by atoms with Gasteiger partial charge in [-0.25, -0.2) is 0 Å². The van der Waals surface area contributed by atoms with Gasteiger partial charge in [0.1, 0.15) is 11.5 Å². The number of anilines is 1. The Morgan fingerprint density at radius 1 is 1.00 bits per heavy atom. The van der Waals surface area contributed by atoms with Gasteiger partial charge in [0, 0.05) is 12.2 Å². The van der Waals surface area contributed by atoms with Crippen LogP contribution in [0.3, 0.4) is 0 Å². The van der Waals surface area contributed by atoms with Crippen molar-refractivity contribution in [2.45, 2.75) is 12.9 Å². The molecule has 0 atom stereocenters. The lowest BCUT2D eigenvalue weighted by atomic mass is 10.2. The number of amides is 1. The van der Waals surface area contributed by atoms with Gasteiger partial charge in [-0.05, 0) is 42.0 Å². The first-order chi connectivity index (χ1) is 11.9. The highest BCUT2D eigenvalue weighted by Gasteiger charge is 2.30. The van der Waals surface area contributed by atoms with Crippen molar-refractivity contribution in [1.82, 2.24) is 5.32 Å². The second-order valence-electron chi connectivity index (χ2n) is 5.05. The van der Waals surface area contributed by atoms with Crippen LogP contribution in [0.25, 0.3) is 0 Å². The summed E-state index contributed by atoms with van der Waals surface area (Å²) in [4.78, 5) is 11.8. The van der Waals surface area contributed by atoms with E-state index in [2.05, 4.69) is 15.4 Å². The topological polar surface area (TPSA) is 59.6 Å². The summed E-state index contributed by atoms with van der Waals surface area (Å²) in [5.74, 6) is 0.170. The summed E-state index contributed by atoms with van der Waals surface area (Å²) in [5, 5.41) is 5.55. The number of alkyl halides is 3. The number of rotatable bonds is 7. The molecule has 0 fully saturated rings. The Hall–Kier alpha value is -2.90. The summed E-state index contributed by atoms with van der Waals surface area (Å²) in [6.45, 7) is 0.360. The summed E-state index contributed by atoms with van der Waals surface area (Å²) in [6, 6.07) is 12.4. The molecule has 0 bridgehead atoms. The van der Waals surface area contributed by atoms with Gasteiger partial charge in [0.2, 0.25) is 5.91 Å². The average molecular weight is 354 g/mol. The lowest BCUT2D eigenvalue weighted by Gasteiger charge is -2.11. The number of methoxy groups -OCH3 is 1. The number of halogens is 3. The third kappa shape index (κ3) is 6.62. The SMILES string of the molecule is COc1ccc(CNC(=O)CNc2ccc(OC(F)(F)F)cc2)cc1. The van der Waals surface area contributed by atoms with Crippen LogP contribution >= 0.6 is 0 Å². The minimum atomic E-state index is -4.73. The number of benzene rings is 2. The Bertz CT molecular complexity index is 686. The minimum Gasteiger partial charge on any atom is -0.497 e. The van der Waals surface area contributed by atoms with Gasteiger partial charge in [-0.2, -0.15) is 0 Å². The van der Waals surface area contributed by atoms with Gasteiger partial charge in [0.25, 0.3) is 0 Å². The predicted molar refractivity (Wildman–Crippen MR) is 86.5 cm³/mol. The molecule has 134 valence electrons. The lowest BCUT2D eigenvalue weighted by Crippen LogP contribution is -2.29. The molecule has 0 aliphatic heterocycles. The number of nitrogens with one attached hydrogen (secondary N) is 2. The molecule has 0 radical (unpaired) electrons. The third-order valence-corrected chi connectivity index (χ3v) is 3.19. The molecule has 0 aromatic heterocycles. The summed E-state index contributed by atoms with van der Waals surface area (Å²) in [6.07, 6.45) is -4.73. The van der Waals surface area contributed by atoms with Crippen LogP contribution in [0.2, 0.25) is 0 Å². The fourth-order valence-electron chi connectivity index (χ4n) is 1.96. The van der Waals surface area contributed by atoms with Crippen LogP contribution in [0.5, 0.6) is 11.5 Å². The molecule has 0 heterocycles. The highest BCUT2D eigenvalue weighted by molar-refractivity contribution is 5.80. The van der Waals surface area contributed by atoms with Gasteiger partial charge in [0.05, 0.1) is 13.7 Å². The third-order valence-electron chi connectivity index (χ3n) is 3.19. The molecule has 0 aliphatic rings. The van der Waals surface area contributed by atoms with Crippen LogP contribution in [-0.2, 0) is 11.3 Å². The zero-order valence-electron chi connectivity index (χ0n) is 13.4. The number of hydrogen-bond acceptors (Lipinski definition) is 4. The molecule has 2 N–H and O–H groups in total. The number of carbonyl (C=O) groups excluding carboxylic acids is 1. The second kappa shape index (κ2) is 8.27. The molecule has 2 rings (SSSR count). The van der Waals surface area contributed by atoms with Gasteiger partial charge in [-0.1, -0.05) is 12.1 Å². The van der Waals surface area contributed by atoms with E-state index in [1.165, 1.54) is 24.3 Å². The Kier molecular flexibility index (Phi) is 6.10. The molecular weight excluding hydrogens is 337 g/mol. The van der Waals surface area contributed by atoms with E-state index in [4.69, 9.17) is 4.74 Å². The first-order valence-corrected chi connectivity index (χ1v) is 7.35. The molecule has 0 unspecified atom stereocenters. The maximum absolute atomic E-state index is 12.1. The van der Waals surface area contributed by atoms with E-state index < -0.39 is 6.36 Å². The Balaban J connectivity index is 1.75. The van der Waals surface area contributed by atoms with E-state index in [1.807, 2.05) is 12.1 Å². The van der Waals surface area contributed by atoms with Crippen molar-refractivity contribution < 1.29 is 27.4 Å². The van der Waals surface area contributed by atoms with Crippen LogP contribution in [0.15, 0.2) is 48.5 Å². The predicted octanol–water partition coefficient (Wildman–Crippen LogP) is 3.32. The normalized spacial score (nSPS) is 10.9. The fourth-order valence-corrected chi connectivity index (χ4v) is 1.96. The summed E-state index contributed by atoms with van der Waals surface area (Å²) in [7, 11) is 1.57. The smallest absolute Gasteiger partial charge is 0.497 e. The quantitative estimate of drug-likeness (QED) is 0.801. The van der Waals surface area contributed by atoms with Crippen LogP contribution < -0.4 is 20.1 Å². The second-order valence-corrected chi connectivity index (χ2v) is 5.05. The first-order valence-electron chi connectivity index (χ1n) is 7.35. The molecule has 2 aromatic carbocycles. The maximum Gasteiger partial charge on any atom is 0.573 e. The van der Waals surface area contributed by atoms with Crippen LogP contribution in [0.4, 0.5) is 18.9 Å². The monoisotopic (exact) mass is 354 g/mol. The van der Waals surface area contributed by atoms with Gasteiger partial charge in [-0.15, -0.1) is 13.2 Å². The molecule has 0 saturated heterocycles. The van der Waals surface area contributed by atoms with Crippen molar-refractivity contribution in [2.24, 2.45) is 0 Å². The maximum atomic E-state index is 12.1. The molecule has 5 nitrogen and oxygen atoms in total. The van der Waals surface area contributed by atoms with Crippen molar-refractivity contribution in [3.8, 4) is 11.5 Å². The summed E-state index contributed by atoms with van der Waals surface area (Å²) < 4.78 is 45.0. The van der Waals surface area contributed by atoms with E-state index in [9.17, 15) is 18.0 Å². The van der Waals surface area contributed by atoms with Crippen LogP contribution in [0.1, 0.15) is 5.56 Å². The van der Waals surface area contributed by atoms with Crippen molar-refractivity contribution >= 4 is 11.6 Å². The van der Waals surface area contributed by atoms with Crippen molar-refractivity contribution in [3.63, 3.8) is 0 Å². The molecule has 0 spiro atoms. The Morgan fingerprint density at radius 2 is 1.60 bits per heavy atom. The molecule has 0 saturated carbocycles. The standard InChI is InChI=1S/C17H17F3N2O3/c1-24-14-6-2-12(3-7-14)10-22-16(23)11-21-13-4-8-15(9-5-13)25-17(18,19)20/h2-9,21H,10-11H2,1H3,(H,22,23). The average Bonchev–Trinajstić information content (AvgIpc) is 2.58. The van der Waals surface area contributed by atoms with Gasteiger partial charge in [0.15, 0.2) is 0 Å². The first kappa shape index (κ1) is 18.4. The highest BCUT2D eigenvalue weighted by atomic mass is 19.4. The van der Waals surface area contributed by atoms with E-state index in [0.29, 0.717) is 12.2 Å². The zero-order chi connectivity index (χ0) is 18.3. The molecule has 2 aromatic rings.